The molecule has 0 fully saturated rings. The smallest absolute Gasteiger partial charge is 0.131 e. The highest BCUT2D eigenvalue weighted by Crippen LogP contribution is 2.30. The number of nitrogens with zero attached hydrogens (tertiary/aromatic N) is 2. The Morgan fingerprint density at radius 2 is 2.16 bits per heavy atom. The highest BCUT2D eigenvalue weighted by Gasteiger charge is 2.09. The van der Waals surface area contributed by atoms with Crippen LogP contribution in [0.5, 0.6) is 5.75 Å². The maximum atomic E-state index is 8.91. The third-order valence-corrected chi connectivity index (χ3v) is 3.04. The highest BCUT2D eigenvalue weighted by molar-refractivity contribution is 5.87. The Bertz CT molecular complexity index is 783. The Morgan fingerprint density at radius 3 is 2.95 bits per heavy atom. The molecule has 0 bridgehead atoms. The van der Waals surface area contributed by atoms with Crippen molar-refractivity contribution in [2.75, 3.05) is 7.11 Å². The molecule has 0 aliphatic heterocycles. The van der Waals surface area contributed by atoms with Gasteiger partial charge in [0.2, 0.25) is 0 Å². The highest BCUT2D eigenvalue weighted by atomic mass is 16.5. The molecule has 19 heavy (non-hydrogen) atoms. The van der Waals surface area contributed by atoms with Crippen molar-refractivity contribution in [3.63, 3.8) is 0 Å². The van der Waals surface area contributed by atoms with Gasteiger partial charge in [-0.05, 0) is 30.3 Å². The predicted octanol–water partition coefficient (Wildman–Crippen LogP) is 3.11. The molecule has 1 aromatic carbocycles. The molecule has 3 rings (SSSR count). The van der Waals surface area contributed by atoms with Crippen molar-refractivity contribution in [1.29, 1.82) is 5.26 Å². The van der Waals surface area contributed by atoms with E-state index in [2.05, 4.69) is 16.0 Å². The summed E-state index contributed by atoms with van der Waals surface area (Å²) in [7, 11) is 1.63. The SMILES string of the molecule is COc1ccncc1-c1cc2cc(C#N)ccc2[nH]1. The lowest BCUT2D eigenvalue weighted by Gasteiger charge is -2.04. The third kappa shape index (κ3) is 1.91. The summed E-state index contributed by atoms with van der Waals surface area (Å²) >= 11 is 0. The van der Waals surface area contributed by atoms with E-state index in [1.54, 1.807) is 25.6 Å². The molecular formula is C15H11N3O. The molecule has 0 unspecified atom stereocenters. The van der Waals surface area contributed by atoms with Gasteiger partial charge in [-0.2, -0.15) is 5.26 Å². The lowest BCUT2D eigenvalue weighted by molar-refractivity contribution is 0.416. The van der Waals surface area contributed by atoms with Crippen LogP contribution in [-0.2, 0) is 0 Å². The normalized spacial score (nSPS) is 10.3. The van der Waals surface area contributed by atoms with Gasteiger partial charge in [0.1, 0.15) is 5.75 Å². The van der Waals surface area contributed by atoms with Crippen LogP contribution in [0.4, 0.5) is 0 Å². The van der Waals surface area contributed by atoms with E-state index in [4.69, 9.17) is 10.00 Å². The van der Waals surface area contributed by atoms with Crippen LogP contribution in [0.2, 0.25) is 0 Å². The zero-order valence-electron chi connectivity index (χ0n) is 10.3. The van der Waals surface area contributed by atoms with E-state index in [0.29, 0.717) is 5.56 Å². The van der Waals surface area contributed by atoms with Gasteiger partial charge in [0.05, 0.1) is 30.0 Å². The Labute approximate surface area is 110 Å². The fourth-order valence-electron chi connectivity index (χ4n) is 2.11. The molecule has 0 aliphatic rings. The molecule has 4 nitrogen and oxygen atoms in total. The summed E-state index contributed by atoms with van der Waals surface area (Å²) in [6, 6.07) is 11.5. The number of fused-ring (bicyclic) bond motifs is 1. The Hall–Kier alpha value is -2.80. The average Bonchev–Trinajstić information content (AvgIpc) is 2.89. The summed E-state index contributed by atoms with van der Waals surface area (Å²) < 4.78 is 5.33. The number of H-pyrrole nitrogens is 1. The van der Waals surface area contributed by atoms with Gasteiger partial charge in [-0.25, -0.2) is 0 Å². The zero-order valence-corrected chi connectivity index (χ0v) is 10.3. The van der Waals surface area contributed by atoms with Crippen LogP contribution < -0.4 is 4.74 Å². The number of nitriles is 1. The number of methoxy groups -OCH3 is 1. The van der Waals surface area contributed by atoms with Crippen molar-refractivity contribution < 1.29 is 4.74 Å². The largest absolute Gasteiger partial charge is 0.496 e. The van der Waals surface area contributed by atoms with Crippen molar-refractivity contribution in [1.82, 2.24) is 9.97 Å². The van der Waals surface area contributed by atoms with Gasteiger partial charge in [-0.1, -0.05) is 0 Å². The monoisotopic (exact) mass is 249 g/mol. The third-order valence-electron chi connectivity index (χ3n) is 3.04. The quantitative estimate of drug-likeness (QED) is 0.759. The lowest BCUT2D eigenvalue weighted by Crippen LogP contribution is -1.88. The molecule has 0 amide bonds. The fourth-order valence-corrected chi connectivity index (χ4v) is 2.11. The molecule has 4 heteroatoms. The minimum Gasteiger partial charge on any atom is -0.496 e. The molecule has 0 saturated heterocycles. The topological polar surface area (TPSA) is 61.7 Å². The molecule has 0 atom stereocenters. The second-order valence-corrected chi connectivity index (χ2v) is 4.17. The molecule has 2 aromatic heterocycles. The maximum absolute atomic E-state index is 8.91. The van der Waals surface area contributed by atoms with Gasteiger partial charge in [0.25, 0.3) is 0 Å². The van der Waals surface area contributed by atoms with Crippen LogP contribution >= 0.6 is 0 Å². The van der Waals surface area contributed by atoms with Gasteiger partial charge in [0.15, 0.2) is 0 Å². The van der Waals surface area contributed by atoms with E-state index in [-0.39, 0.29) is 0 Å². The van der Waals surface area contributed by atoms with E-state index < -0.39 is 0 Å². The molecule has 0 radical (unpaired) electrons. The minimum atomic E-state index is 0.649. The van der Waals surface area contributed by atoms with Crippen molar-refractivity contribution in [2.24, 2.45) is 0 Å². The molecule has 3 aromatic rings. The number of rotatable bonds is 2. The summed E-state index contributed by atoms with van der Waals surface area (Å²) in [5, 5.41) is 9.91. The molecular weight excluding hydrogens is 238 g/mol. The van der Waals surface area contributed by atoms with Crippen LogP contribution in [0.3, 0.4) is 0 Å². The first-order chi connectivity index (χ1) is 9.31. The van der Waals surface area contributed by atoms with E-state index in [1.807, 2.05) is 24.3 Å². The second kappa shape index (κ2) is 4.46. The fraction of sp³-hybridized carbons (Fsp3) is 0.0667. The van der Waals surface area contributed by atoms with Crippen molar-refractivity contribution in [3.05, 3.63) is 48.3 Å². The van der Waals surface area contributed by atoms with E-state index in [9.17, 15) is 0 Å². The van der Waals surface area contributed by atoms with Crippen LogP contribution in [0.25, 0.3) is 22.2 Å². The van der Waals surface area contributed by atoms with E-state index >= 15 is 0 Å². The van der Waals surface area contributed by atoms with Gasteiger partial charge >= 0.3 is 0 Å². The van der Waals surface area contributed by atoms with Crippen LogP contribution in [0.1, 0.15) is 5.56 Å². The molecule has 2 heterocycles. The Kier molecular flexibility index (Phi) is 2.66. The van der Waals surface area contributed by atoms with Gasteiger partial charge in [-0.3, -0.25) is 4.98 Å². The molecule has 0 spiro atoms. The standard InChI is InChI=1S/C15H11N3O/c1-19-15-4-5-17-9-12(15)14-7-11-6-10(8-16)2-3-13(11)18-14/h2-7,9,18H,1H3. The summed E-state index contributed by atoms with van der Waals surface area (Å²) in [6.07, 6.45) is 3.45. The van der Waals surface area contributed by atoms with E-state index in [1.165, 1.54) is 0 Å². The number of hydrogen-bond donors (Lipinski definition) is 1. The second-order valence-electron chi connectivity index (χ2n) is 4.17. The summed E-state index contributed by atoms with van der Waals surface area (Å²) in [6.45, 7) is 0. The molecule has 0 aliphatic carbocycles. The van der Waals surface area contributed by atoms with Crippen molar-refractivity contribution in [2.45, 2.75) is 0 Å². The average molecular weight is 249 g/mol. The summed E-state index contributed by atoms with van der Waals surface area (Å²) in [4.78, 5) is 7.43. The first kappa shape index (κ1) is 11.3. The number of nitrogens with one attached hydrogen (secondary N) is 1. The first-order valence-corrected chi connectivity index (χ1v) is 5.83. The van der Waals surface area contributed by atoms with Crippen LogP contribution in [-0.4, -0.2) is 17.1 Å². The van der Waals surface area contributed by atoms with Gasteiger partial charge in [-0.15, -0.1) is 0 Å². The number of pyridine rings is 1. The zero-order chi connectivity index (χ0) is 13.2. The maximum Gasteiger partial charge on any atom is 0.131 e. The predicted molar refractivity (Wildman–Crippen MR) is 72.8 cm³/mol. The Morgan fingerprint density at radius 1 is 1.26 bits per heavy atom. The minimum absolute atomic E-state index is 0.649. The Balaban J connectivity index is 2.18. The number of ether oxygens (including phenoxy) is 1. The van der Waals surface area contributed by atoms with E-state index in [0.717, 1.165) is 27.9 Å². The molecule has 92 valence electrons. The van der Waals surface area contributed by atoms with Crippen molar-refractivity contribution >= 4 is 10.9 Å². The summed E-state index contributed by atoms with van der Waals surface area (Å²) in [5.41, 5.74) is 3.46. The van der Waals surface area contributed by atoms with Crippen LogP contribution in [0, 0.1) is 11.3 Å². The number of aromatic nitrogens is 2. The van der Waals surface area contributed by atoms with Gasteiger partial charge in [0, 0.05) is 23.3 Å². The van der Waals surface area contributed by atoms with Crippen LogP contribution in [0.15, 0.2) is 42.7 Å². The first-order valence-electron chi connectivity index (χ1n) is 5.83. The van der Waals surface area contributed by atoms with Crippen molar-refractivity contribution in [3.8, 4) is 23.1 Å². The molecule has 1 N–H and O–H groups in total. The molecule has 0 saturated carbocycles. The lowest BCUT2D eigenvalue weighted by atomic mass is 10.1. The van der Waals surface area contributed by atoms with Gasteiger partial charge < -0.3 is 9.72 Å². The number of hydrogen-bond acceptors (Lipinski definition) is 3. The number of aromatic amines is 1. The number of benzene rings is 1. The summed E-state index contributed by atoms with van der Waals surface area (Å²) in [5.74, 6) is 0.766.